The highest BCUT2D eigenvalue weighted by molar-refractivity contribution is 7.80. The molecule has 1 aromatic rings. The first kappa shape index (κ1) is 16.0. The molecule has 0 bridgehead atoms. The van der Waals surface area contributed by atoms with Gasteiger partial charge in [0.25, 0.3) is 5.91 Å². The maximum absolute atomic E-state index is 12.8. The monoisotopic (exact) mass is 330 g/mol. The molecular formula is C18H22N2O2S. The predicted molar refractivity (Wildman–Crippen MR) is 95.0 cm³/mol. The summed E-state index contributed by atoms with van der Waals surface area (Å²) in [7, 11) is 0. The largest absolute Gasteiger partial charge is 0.493 e. The zero-order chi connectivity index (χ0) is 16.2. The zero-order valence-electron chi connectivity index (χ0n) is 13.4. The molecule has 23 heavy (non-hydrogen) atoms. The molecule has 3 rings (SSSR count). The third-order valence-electron chi connectivity index (χ3n) is 4.37. The quantitative estimate of drug-likeness (QED) is 0.678. The summed E-state index contributed by atoms with van der Waals surface area (Å²) in [5.41, 5.74) is 1.42. The van der Waals surface area contributed by atoms with Gasteiger partial charge in [-0.25, -0.2) is 0 Å². The first-order valence-corrected chi connectivity index (χ1v) is 8.69. The van der Waals surface area contributed by atoms with Crippen LogP contribution in [0.3, 0.4) is 0 Å². The Morgan fingerprint density at radius 1 is 1.30 bits per heavy atom. The molecule has 0 radical (unpaired) electrons. The highest BCUT2D eigenvalue weighted by Crippen LogP contribution is 2.28. The standard InChI is InChI=1S/C18H22N2O2S/c1-2-22-16-11-7-6-8-13(16)12-15-17(21)20(18(23)19-15)14-9-4-3-5-10-14/h6-8,11-12,14H,2-5,9-10H2,1H3,(H,19,23)/b15-12-. The van der Waals surface area contributed by atoms with Crippen molar-refractivity contribution in [2.45, 2.75) is 45.1 Å². The number of hydrogen-bond donors (Lipinski definition) is 1. The Hall–Kier alpha value is -1.88. The van der Waals surface area contributed by atoms with Gasteiger partial charge in [0.1, 0.15) is 11.4 Å². The van der Waals surface area contributed by atoms with E-state index in [1.165, 1.54) is 19.3 Å². The van der Waals surface area contributed by atoms with E-state index in [-0.39, 0.29) is 11.9 Å². The van der Waals surface area contributed by atoms with Crippen LogP contribution in [0.25, 0.3) is 6.08 Å². The van der Waals surface area contributed by atoms with Gasteiger partial charge < -0.3 is 10.1 Å². The lowest BCUT2D eigenvalue weighted by Gasteiger charge is -2.29. The third-order valence-corrected chi connectivity index (χ3v) is 4.67. The molecule has 1 saturated heterocycles. The summed E-state index contributed by atoms with van der Waals surface area (Å²) in [4.78, 5) is 14.5. The summed E-state index contributed by atoms with van der Waals surface area (Å²) in [6.07, 6.45) is 7.50. The maximum atomic E-state index is 12.8. The van der Waals surface area contributed by atoms with Crippen molar-refractivity contribution in [2.24, 2.45) is 0 Å². The van der Waals surface area contributed by atoms with E-state index in [4.69, 9.17) is 17.0 Å². The van der Waals surface area contributed by atoms with Gasteiger partial charge in [0.15, 0.2) is 5.11 Å². The molecule has 1 heterocycles. The minimum Gasteiger partial charge on any atom is -0.493 e. The van der Waals surface area contributed by atoms with Gasteiger partial charge >= 0.3 is 0 Å². The van der Waals surface area contributed by atoms with E-state index in [1.807, 2.05) is 37.3 Å². The number of benzene rings is 1. The molecule has 0 unspecified atom stereocenters. The highest BCUT2D eigenvalue weighted by Gasteiger charge is 2.36. The van der Waals surface area contributed by atoms with Crippen LogP contribution in [0, 0.1) is 0 Å². The molecule has 1 aliphatic heterocycles. The molecule has 4 nitrogen and oxygen atoms in total. The third kappa shape index (κ3) is 3.39. The van der Waals surface area contributed by atoms with E-state index >= 15 is 0 Å². The second-order valence-electron chi connectivity index (χ2n) is 5.93. The van der Waals surface area contributed by atoms with Gasteiger partial charge in [-0.3, -0.25) is 9.69 Å². The normalized spacial score (nSPS) is 20.9. The van der Waals surface area contributed by atoms with Gasteiger partial charge in [-0.1, -0.05) is 37.5 Å². The molecule has 1 saturated carbocycles. The Bertz CT molecular complexity index is 636. The van der Waals surface area contributed by atoms with Crippen LogP contribution in [0.5, 0.6) is 5.75 Å². The van der Waals surface area contributed by atoms with Crippen LogP contribution in [0.4, 0.5) is 0 Å². The van der Waals surface area contributed by atoms with E-state index < -0.39 is 0 Å². The summed E-state index contributed by atoms with van der Waals surface area (Å²) >= 11 is 5.40. The van der Waals surface area contributed by atoms with Crippen molar-refractivity contribution in [1.82, 2.24) is 10.2 Å². The van der Waals surface area contributed by atoms with E-state index in [0.29, 0.717) is 17.4 Å². The molecule has 2 fully saturated rings. The van der Waals surface area contributed by atoms with Gasteiger partial charge in [0, 0.05) is 11.6 Å². The molecule has 0 atom stereocenters. The minimum atomic E-state index is -0.0202. The van der Waals surface area contributed by atoms with Crippen molar-refractivity contribution in [3.63, 3.8) is 0 Å². The molecule has 0 aromatic heterocycles. The summed E-state index contributed by atoms with van der Waals surface area (Å²) in [6.45, 7) is 2.54. The maximum Gasteiger partial charge on any atom is 0.276 e. The summed E-state index contributed by atoms with van der Waals surface area (Å²) in [5.74, 6) is 0.757. The summed E-state index contributed by atoms with van der Waals surface area (Å²) < 4.78 is 5.62. The van der Waals surface area contributed by atoms with Crippen LogP contribution >= 0.6 is 12.2 Å². The summed E-state index contributed by atoms with van der Waals surface area (Å²) in [5, 5.41) is 3.61. The van der Waals surface area contributed by atoms with Crippen molar-refractivity contribution >= 4 is 29.3 Å². The minimum absolute atomic E-state index is 0.0202. The number of carbonyl (C=O) groups excluding carboxylic acids is 1. The van der Waals surface area contributed by atoms with Gasteiger partial charge in [-0.2, -0.15) is 0 Å². The highest BCUT2D eigenvalue weighted by atomic mass is 32.1. The Labute approximate surface area is 142 Å². The number of nitrogens with zero attached hydrogens (tertiary/aromatic N) is 1. The van der Waals surface area contributed by atoms with E-state index in [9.17, 15) is 4.79 Å². The average molecular weight is 330 g/mol. The van der Waals surface area contributed by atoms with E-state index in [1.54, 1.807) is 4.90 Å². The number of nitrogens with one attached hydrogen (secondary N) is 1. The number of thiocarbonyl (C=S) groups is 1. The number of amides is 1. The lowest BCUT2D eigenvalue weighted by Crippen LogP contribution is -2.41. The second kappa shape index (κ2) is 7.13. The molecule has 1 aliphatic carbocycles. The fourth-order valence-electron chi connectivity index (χ4n) is 3.26. The number of ether oxygens (including phenoxy) is 1. The van der Waals surface area contributed by atoms with Gasteiger partial charge in [0.05, 0.1) is 6.61 Å². The molecule has 2 aliphatic rings. The molecular weight excluding hydrogens is 308 g/mol. The molecule has 5 heteroatoms. The van der Waals surface area contributed by atoms with Crippen LogP contribution in [-0.4, -0.2) is 28.6 Å². The van der Waals surface area contributed by atoms with Crippen molar-refractivity contribution in [2.75, 3.05) is 6.61 Å². The Morgan fingerprint density at radius 2 is 2.04 bits per heavy atom. The lowest BCUT2D eigenvalue weighted by molar-refractivity contribution is -0.124. The van der Waals surface area contributed by atoms with Crippen LogP contribution in [0.15, 0.2) is 30.0 Å². The van der Waals surface area contributed by atoms with E-state index in [2.05, 4.69) is 5.32 Å². The van der Waals surface area contributed by atoms with Crippen molar-refractivity contribution in [1.29, 1.82) is 0 Å². The van der Waals surface area contributed by atoms with Crippen LogP contribution in [-0.2, 0) is 4.79 Å². The lowest BCUT2D eigenvalue weighted by atomic mass is 9.94. The van der Waals surface area contributed by atoms with Crippen molar-refractivity contribution < 1.29 is 9.53 Å². The van der Waals surface area contributed by atoms with Crippen molar-refractivity contribution in [3.05, 3.63) is 35.5 Å². The van der Waals surface area contributed by atoms with Crippen LogP contribution in [0.2, 0.25) is 0 Å². The smallest absolute Gasteiger partial charge is 0.276 e. The van der Waals surface area contributed by atoms with Gasteiger partial charge in [-0.15, -0.1) is 0 Å². The molecule has 1 N–H and O–H groups in total. The number of carbonyl (C=O) groups is 1. The van der Waals surface area contributed by atoms with Crippen molar-refractivity contribution in [3.8, 4) is 5.75 Å². The molecule has 0 spiro atoms. The predicted octanol–water partition coefficient (Wildman–Crippen LogP) is 3.48. The summed E-state index contributed by atoms with van der Waals surface area (Å²) in [6, 6.07) is 7.96. The van der Waals surface area contributed by atoms with Gasteiger partial charge in [0.2, 0.25) is 0 Å². The number of rotatable bonds is 4. The second-order valence-corrected chi connectivity index (χ2v) is 6.31. The first-order valence-electron chi connectivity index (χ1n) is 8.28. The Kier molecular flexibility index (Phi) is 4.96. The topological polar surface area (TPSA) is 41.6 Å². The first-order chi connectivity index (χ1) is 11.2. The Balaban J connectivity index is 1.84. The average Bonchev–Trinajstić information content (AvgIpc) is 2.84. The van der Waals surface area contributed by atoms with Crippen LogP contribution < -0.4 is 10.1 Å². The van der Waals surface area contributed by atoms with E-state index in [0.717, 1.165) is 24.2 Å². The van der Waals surface area contributed by atoms with Crippen LogP contribution in [0.1, 0.15) is 44.6 Å². The Morgan fingerprint density at radius 3 is 2.78 bits per heavy atom. The molecule has 1 aromatic carbocycles. The molecule has 122 valence electrons. The zero-order valence-corrected chi connectivity index (χ0v) is 14.2. The fourth-order valence-corrected chi connectivity index (χ4v) is 3.60. The molecule has 1 amide bonds. The number of hydrogen-bond acceptors (Lipinski definition) is 3. The van der Waals surface area contributed by atoms with Gasteiger partial charge in [-0.05, 0) is 44.1 Å². The SMILES string of the molecule is CCOc1ccccc1/C=C1\NC(=S)N(C2CCCCC2)C1=O. The fraction of sp³-hybridized carbons (Fsp3) is 0.444. The number of para-hydroxylation sites is 1.